The Balaban J connectivity index is 1.21. The molecule has 2 aliphatic heterocycles. The van der Waals surface area contributed by atoms with Crippen molar-refractivity contribution in [3.05, 3.63) is 35.4 Å². The fraction of sp³-hybridized carbons (Fsp3) is 0.652. The van der Waals surface area contributed by atoms with Gasteiger partial charge in [0.1, 0.15) is 6.61 Å². The first-order valence-electron chi connectivity index (χ1n) is 11.0. The van der Waals surface area contributed by atoms with Gasteiger partial charge in [0.15, 0.2) is 0 Å². The van der Waals surface area contributed by atoms with E-state index in [4.69, 9.17) is 4.74 Å². The molecule has 3 fully saturated rings. The molecule has 1 atom stereocenters. The van der Waals surface area contributed by atoms with Gasteiger partial charge in [-0.1, -0.05) is 17.7 Å². The Hall–Kier alpha value is -1.92. The lowest BCUT2D eigenvalue weighted by Crippen LogP contribution is -2.52. The number of aryl methyl sites for hydroxylation is 1. The van der Waals surface area contributed by atoms with E-state index in [1.54, 1.807) is 0 Å². The zero-order valence-electron chi connectivity index (χ0n) is 17.4. The van der Waals surface area contributed by atoms with Gasteiger partial charge in [0, 0.05) is 31.7 Å². The summed E-state index contributed by atoms with van der Waals surface area (Å²) in [7, 11) is 0. The molecule has 1 aromatic carbocycles. The lowest BCUT2D eigenvalue weighted by molar-refractivity contribution is -0.149. The minimum atomic E-state index is -0.142. The van der Waals surface area contributed by atoms with Crippen molar-refractivity contribution in [2.24, 2.45) is 11.8 Å². The van der Waals surface area contributed by atoms with Crippen LogP contribution in [-0.4, -0.2) is 73.6 Å². The van der Waals surface area contributed by atoms with Gasteiger partial charge in [-0.15, -0.1) is 0 Å². The minimum absolute atomic E-state index is 0.0755. The van der Waals surface area contributed by atoms with Crippen molar-refractivity contribution < 1.29 is 14.3 Å². The van der Waals surface area contributed by atoms with Crippen molar-refractivity contribution in [3.63, 3.8) is 0 Å². The number of nitrogens with zero attached hydrogens (tertiary/aromatic N) is 2. The third kappa shape index (κ3) is 5.80. The molecule has 0 spiro atoms. The molecule has 2 heterocycles. The zero-order chi connectivity index (χ0) is 20.2. The molecule has 2 saturated heterocycles. The van der Waals surface area contributed by atoms with E-state index >= 15 is 0 Å². The highest BCUT2D eigenvalue weighted by Gasteiger charge is 2.31. The van der Waals surface area contributed by atoms with Gasteiger partial charge in [-0.05, 0) is 69.7 Å². The zero-order valence-corrected chi connectivity index (χ0v) is 17.4. The topological polar surface area (TPSA) is 61.9 Å². The van der Waals surface area contributed by atoms with Gasteiger partial charge in [-0.25, -0.2) is 0 Å². The van der Waals surface area contributed by atoms with Crippen LogP contribution >= 0.6 is 0 Å². The van der Waals surface area contributed by atoms with E-state index < -0.39 is 0 Å². The van der Waals surface area contributed by atoms with Crippen LogP contribution in [0.4, 0.5) is 0 Å². The second-order valence-electron chi connectivity index (χ2n) is 9.00. The number of piperidine rings is 1. The summed E-state index contributed by atoms with van der Waals surface area (Å²) in [5.74, 6) is 1.50. The van der Waals surface area contributed by atoms with Crippen LogP contribution < -0.4 is 5.32 Å². The third-order valence-corrected chi connectivity index (χ3v) is 6.42. The minimum Gasteiger partial charge on any atom is -0.365 e. The van der Waals surface area contributed by atoms with Crippen LogP contribution in [0.25, 0.3) is 0 Å². The number of carbonyl (C=O) groups is 2. The van der Waals surface area contributed by atoms with Crippen molar-refractivity contribution in [1.29, 1.82) is 0 Å². The van der Waals surface area contributed by atoms with Gasteiger partial charge < -0.3 is 19.9 Å². The van der Waals surface area contributed by atoms with E-state index in [1.165, 1.54) is 32.2 Å². The average Bonchev–Trinajstić information content (AvgIpc) is 3.54. The largest absolute Gasteiger partial charge is 0.365 e. The number of likely N-dealkylation sites (tertiary alicyclic amines) is 1. The summed E-state index contributed by atoms with van der Waals surface area (Å²) in [6.45, 7) is 7.52. The number of morpholine rings is 1. The Bertz CT molecular complexity index is 709. The van der Waals surface area contributed by atoms with E-state index in [0.29, 0.717) is 24.6 Å². The first-order chi connectivity index (χ1) is 14.1. The Morgan fingerprint density at radius 2 is 1.76 bits per heavy atom. The summed E-state index contributed by atoms with van der Waals surface area (Å²) >= 11 is 0. The van der Waals surface area contributed by atoms with E-state index in [9.17, 15) is 9.59 Å². The molecular formula is C23H33N3O3. The van der Waals surface area contributed by atoms with Crippen LogP contribution in [0.5, 0.6) is 0 Å². The molecule has 6 heteroatoms. The number of amides is 2. The molecule has 6 nitrogen and oxygen atoms in total. The van der Waals surface area contributed by atoms with Crippen molar-refractivity contribution in [3.8, 4) is 0 Å². The lowest BCUT2D eigenvalue weighted by Gasteiger charge is -2.38. The molecule has 29 heavy (non-hydrogen) atoms. The van der Waals surface area contributed by atoms with Gasteiger partial charge in [0.05, 0.1) is 6.10 Å². The molecule has 0 bridgehead atoms. The number of nitrogens with one attached hydrogen (secondary N) is 1. The maximum absolute atomic E-state index is 12.3. The standard InChI is InChI=1S/C23H33N3O3/c1-17-2-6-20(7-3-17)23(28)24-12-21-15-26(22(27)16-29-21)14-19-8-10-25(11-9-19)13-18-4-5-18/h2-3,6-7,18-19,21H,4-5,8-16H2,1H3,(H,24,28). The monoisotopic (exact) mass is 399 g/mol. The van der Waals surface area contributed by atoms with Crippen LogP contribution in [0.2, 0.25) is 0 Å². The maximum atomic E-state index is 12.3. The fourth-order valence-corrected chi connectivity index (χ4v) is 4.32. The normalized spacial score (nSPS) is 24.0. The predicted molar refractivity (Wildman–Crippen MR) is 112 cm³/mol. The number of hydrogen-bond donors (Lipinski definition) is 1. The van der Waals surface area contributed by atoms with Gasteiger partial charge in [-0.2, -0.15) is 0 Å². The van der Waals surface area contributed by atoms with Crippen molar-refractivity contribution in [2.45, 2.75) is 38.7 Å². The highest BCUT2D eigenvalue weighted by atomic mass is 16.5. The lowest BCUT2D eigenvalue weighted by atomic mass is 9.95. The summed E-state index contributed by atoms with van der Waals surface area (Å²) in [6.07, 6.45) is 5.02. The second-order valence-corrected chi connectivity index (χ2v) is 9.00. The number of benzene rings is 1. The molecule has 1 N–H and O–H groups in total. The highest BCUT2D eigenvalue weighted by Crippen LogP contribution is 2.31. The quantitative estimate of drug-likeness (QED) is 0.763. The molecule has 2 amide bonds. The predicted octanol–water partition coefficient (Wildman–Crippen LogP) is 2.07. The highest BCUT2D eigenvalue weighted by molar-refractivity contribution is 5.94. The molecule has 1 saturated carbocycles. The van der Waals surface area contributed by atoms with Crippen molar-refractivity contribution in [2.75, 3.05) is 45.9 Å². The van der Waals surface area contributed by atoms with Crippen LogP contribution in [0.3, 0.4) is 0 Å². The first-order valence-corrected chi connectivity index (χ1v) is 11.0. The third-order valence-electron chi connectivity index (χ3n) is 6.42. The Kier molecular flexibility index (Phi) is 6.50. The molecule has 0 aromatic heterocycles. The fourth-order valence-electron chi connectivity index (χ4n) is 4.32. The van der Waals surface area contributed by atoms with Crippen LogP contribution in [0.15, 0.2) is 24.3 Å². The molecule has 1 aliphatic carbocycles. The summed E-state index contributed by atoms with van der Waals surface area (Å²) in [5, 5.41) is 2.95. The molecule has 1 aromatic rings. The molecule has 0 radical (unpaired) electrons. The van der Waals surface area contributed by atoms with Gasteiger partial charge in [0.2, 0.25) is 5.91 Å². The molecule has 4 rings (SSSR count). The summed E-state index contributed by atoms with van der Waals surface area (Å²) in [4.78, 5) is 29.2. The van der Waals surface area contributed by atoms with Gasteiger partial charge >= 0.3 is 0 Å². The summed E-state index contributed by atoms with van der Waals surface area (Å²) in [6, 6.07) is 7.53. The Labute approximate surface area is 173 Å². The Morgan fingerprint density at radius 1 is 1.07 bits per heavy atom. The van der Waals surface area contributed by atoms with Crippen molar-refractivity contribution in [1.82, 2.24) is 15.1 Å². The number of rotatable bonds is 7. The number of ether oxygens (including phenoxy) is 1. The maximum Gasteiger partial charge on any atom is 0.251 e. The smallest absolute Gasteiger partial charge is 0.251 e. The molecule has 3 aliphatic rings. The van der Waals surface area contributed by atoms with Gasteiger partial charge in [0.25, 0.3) is 5.91 Å². The molecule has 1 unspecified atom stereocenters. The average molecular weight is 400 g/mol. The first kappa shape index (κ1) is 20.4. The summed E-state index contributed by atoms with van der Waals surface area (Å²) in [5.41, 5.74) is 1.78. The molecular weight excluding hydrogens is 366 g/mol. The Morgan fingerprint density at radius 3 is 2.45 bits per heavy atom. The summed E-state index contributed by atoms with van der Waals surface area (Å²) < 4.78 is 5.67. The van der Waals surface area contributed by atoms with E-state index in [1.807, 2.05) is 36.1 Å². The number of hydrogen-bond acceptors (Lipinski definition) is 4. The van der Waals surface area contributed by atoms with E-state index in [2.05, 4.69) is 10.2 Å². The SMILES string of the molecule is Cc1ccc(C(=O)NCC2CN(CC3CCN(CC4CC4)CC3)C(=O)CO2)cc1. The van der Waals surface area contributed by atoms with Crippen LogP contribution in [0.1, 0.15) is 41.6 Å². The second kappa shape index (κ2) is 9.26. The van der Waals surface area contributed by atoms with E-state index in [0.717, 1.165) is 31.1 Å². The van der Waals surface area contributed by atoms with Gasteiger partial charge in [-0.3, -0.25) is 9.59 Å². The van der Waals surface area contributed by atoms with Crippen molar-refractivity contribution >= 4 is 11.8 Å². The van der Waals surface area contributed by atoms with E-state index in [-0.39, 0.29) is 24.5 Å². The molecule has 158 valence electrons. The number of carbonyl (C=O) groups excluding carboxylic acids is 2. The van der Waals surface area contributed by atoms with Crippen LogP contribution in [0, 0.1) is 18.8 Å². The van der Waals surface area contributed by atoms with Crippen LogP contribution in [-0.2, 0) is 9.53 Å².